The molecule has 1 rings (SSSR count). The topological polar surface area (TPSA) is 156 Å². The second-order valence-electron chi connectivity index (χ2n) is 12.6. The van der Waals surface area contributed by atoms with E-state index in [1.165, 1.54) is 0 Å². The third-order valence-electron chi connectivity index (χ3n) is 7.71. The Morgan fingerprint density at radius 3 is 1.34 bits per heavy atom. The summed E-state index contributed by atoms with van der Waals surface area (Å²) in [6.45, 7) is 4.26. The molecule has 1 atom stereocenters. The SMILES string of the molecule is COCCOCC(COCCCC(CCOCC(COCOC)(COCOC)COCOC)C(=O)OCc1ccccc1)(COCOC)COCOC. The predicted octanol–water partition coefficient (Wildman–Crippen LogP) is 3.29. The van der Waals surface area contributed by atoms with Gasteiger partial charge in [-0.05, 0) is 24.8 Å². The Hall–Kier alpha value is -1.87. The lowest BCUT2D eigenvalue weighted by molar-refractivity contribution is -0.165. The van der Waals surface area contributed by atoms with Gasteiger partial charge in [-0.2, -0.15) is 0 Å². The maximum Gasteiger partial charge on any atom is 0.309 e. The molecule has 16 nitrogen and oxygen atoms in total. The first-order valence-corrected chi connectivity index (χ1v) is 17.7. The third-order valence-corrected chi connectivity index (χ3v) is 7.71. The fourth-order valence-corrected chi connectivity index (χ4v) is 5.10. The minimum atomic E-state index is -0.688. The van der Waals surface area contributed by atoms with Crippen molar-refractivity contribution in [2.24, 2.45) is 16.7 Å². The number of rotatable bonds is 39. The Bertz CT molecular complexity index is 920. The Morgan fingerprint density at radius 2 is 0.906 bits per heavy atom. The molecule has 0 aliphatic rings. The molecular weight excluding hydrogens is 700 g/mol. The van der Waals surface area contributed by atoms with Gasteiger partial charge in [-0.1, -0.05) is 30.3 Å². The minimum Gasteiger partial charge on any atom is -0.461 e. The monoisotopic (exact) mass is 766 g/mol. The van der Waals surface area contributed by atoms with E-state index in [1.807, 2.05) is 30.3 Å². The van der Waals surface area contributed by atoms with Gasteiger partial charge in [0.15, 0.2) is 0 Å². The molecule has 0 fully saturated rings. The lowest BCUT2D eigenvalue weighted by Crippen LogP contribution is -2.42. The molecule has 0 spiro atoms. The molecule has 53 heavy (non-hydrogen) atoms. The largest absolute Gasteiger partial charge is 0.461 e. The van der Waals surface area contributed by atoms with E-state index >= 15 is 0 Å². The Morgan fingerprint density at radius 1 is 0.491 bits per heavy atom. The lowest BCUT2D eigenvalue weighted by Gasteiger charge is -2.33. The molecule has 0 saturated carbocycles. The normalized spacial score (nSPS) is 12.7. The van der Waals surface area contributed by atoms with E-state index in [1.54, 1.807) is 42.7 Å². The summed E-state index contributed by atoms with van der Waals surface area (Å²) in [5.74, 6) is -0.742. The van der Waals surface area contributed by atoms with Gasteiger partial charge in [0.25, 0.3) is 0 Å². The minimum absolute atomic E-state index is 0.0933. The van der Waals surface area contributed by atoms with Gasteiger partial charge in [-0.3, -0.25) is 4.79 Å². The van der Waals surface area contributed by atoms with E-state index in [0.717, 1.165) is 5.56 Å². The highest BCUT2D eigenvalue weighted by atomic mass is 16.7. The molecule has 0 aromatic heterocycles. The van der Waals surface area contributed by atoms with Crippen molar-refractivity contribution in [3.63, 3.8) is 0 Å². The van der Waals surface area contributed by atoms with E-state index in [9.17, 15) is 4.79 Å². The lowest BCUT2D eigenvalue weighted by atomic mass is 9.92. The highest BCUT2D eigenvalue weighted by Gasteiger charge is 2.34. The molecule has 310 valence electrons. The van der Waals surface area contributed by atoms with E-state index in [2.05, 4.69) is 0 Å². The summed E-state index contributed by atoms with van der Waals surface area (Å²) in [6.07, 6.45) is 1.53. The third kappa shape index (κ3) is 24.3. The van der Waals surface area contributed by atoms with Crippen molar-refractivity contribution in [2.75, 3.05) is 156 Å². The first kappa shape index (κ1) is 49.1. The van der Waals surface area contributed by atoms with Crippen LogP contribution in [-0.2, 0) is 82.5 Å². The number of methoxy groups -OCH3 is 6. The van der Waals surface area contributed by atoms with Gasteiger partial charge >= 0.3 is 5.97 Å². The smallest absolute Gasteiger partial charge is 0.309 e. The molecule has 0 N–H and O–H groups in total. The molecule has 16 heteroatoms. The van der Waals surface area contributed by atoms with E-state index in [-0.39, 0.29) is 99.4 Å². The van der Waals surface area contributed by atoms with Crippen molar-refractivity contribution in [3.05, 3.63) is 35.9 Å². The summed E-state index contributed by atoms with van der Waals surface area (Å²) >= 11 is 0. The number of benzene rings is 1. The van der Waals surface area contributed by atoms with Crippen LogP contribution in [0, 0.1) is 16.7 Å². The summed E-state index contributed by atoms with van der Waals surface area (Å²) in [5, 5.41) is 0. The van der Waals surface area contributed by atoms with Gasteiger partial charge < -0.3 is 71.1 Å². The standard InChI is InChI=1S/C37H66O16/c1-39-17-18-47-22-36(23-48-28-40-2,24-49-29-41-3)20-45-15-10-13-34(35(38)53-19-33-11-8-7-9-12-33)14-16-46-21-37(25-50-30-42-4,26-51-31-43-5)27-52-32-44-6/h7-9,11-12,34H,10,13-32H2,1-6H3. The van der Waals surface area contributed by atoms with E-state index < -0.39 is 16.7 Å². The van der Waals surface area contributed by atoms with Crippen LogP contribution in [0.5, 0.6) is 0 Å². The molecule has 0 heterocycles. The fourth-order valence-electron chi connectivity index (χ4n) is 5.10. The summed E-state index contributed by atoms with van der Waals surface area (Å²) in [5.41, 5.74) is -0.416. The van der Waals surface area contributed by atoms with Gasteiger partial charge in [0.05, 0.1) is 82.8 Å². The highest BCUT2D eigenvalue weighted by Crippen LogP contribution is 2.24. The maximum atomic E-state index is 13.4. The number of hydrogen-bond donors (Lipinski definition) is 0. The van der Waals surface area contributed by atoms with Crippen LogP contribution in [0.2, 0.25) is 0 Å². The molecule has 0 amide bonds. The zero-order valence-electron chi connectivity index (χ0n) is 32.8. The summed E-state index contributed by atoms with van der Waals surface area (Å²) in [7, 11) is 9.38. The van der Waals surface area contributed by atoms with Crippen molar-refractivity contribution < 1.29 is 75.8 Å². The van der Waals surface area contributed by atoms with Crippen LogP contribution in [0.1, 0.15) is 24.8 Å². The van der Waals surface area contributed by atoms with Crippen LogP contribution < -0.4 is 0 Å². The van der Waals surface area contributed by atoms with Gasteiger partial charge in [-0.15, -0.1) is 0 Å². The molecule has 1 aromatic carbocycles. The van der Waals surface area contributed by atoms with Gasteiger partial charge in [0.2, 0.25) is 0 Å². The van der Waals surface area contributed by atoms with Crippen LogP contribution in [0.15, 0.2) is 30.3 Å². The Labute approximate surface area is 316 Å². The number of ether oxygens (including phenoxy) is 15. The summed E-state index contributed by atoms with van der Waals surface area (Å²) < 4.78 is 83.2. The fraction of sp³-hybridized carbons (Fsp3) is 0.811. The van der Waals surface area contributed by atoms with E-state index in [0.29, 0.717) is 45.7 Å². The molecule has 0 aliphatic heterocycles. The molecule has 0 aliphatic carbocycles. The van der Waals surface area contributed by atoms with Gasteiger partial charge in [0, 0.05) is 55.9 Å². The first-order valence-electron chi connectivity index (χ1n) is 17.7. The second kappa shape index (κ2) is 33.5. The van der Waals surface area contributed by atoms with E-state index in [4.69, 9.17) is 71.1 Å². The molecule has 0 radical (unpaired) electrons. The highest BCUT2D eigenvalue weighted by molar-refractivity contribution is 5.72. The average molecular weight is 767 g/mol. The molecule has 0 bridgehead atoms. The molecule has 0 saturated heterocycles. The van der Waals surface area contributed by atoms with Crippen LogP contribution >= 0.6 is 0 Å². The molecule has 1 aromatic rings. The maximum absolute atomic E-state index is 13.4. The van der Waals surface area contributed by atoms with Crippen molar-refractivity contribution in [3.8, 4) is 0 Å². The van der Waals surface area contributed by atoms with Gasteiger partial charge in [0.1, 0.15) is 40.6 Å². The number of carbonyl (C=O) groups excluding carboxylic acids is 1. The molecule has 1 unspecified atom stereocenters. The number of esters is 1. The van der Waals surface area contributed by atoms with Crippen molar-refractivity contribution in [1.82, 2.24) is 0 Å². The average Bonchev–Trinajstić information content (AvgIpc) is 3.17. The van der Waals surface area contributed by atoms with Crippen molar-refractivity contribution in [1.29, 1.82) is 0 Å². The van der Waals surface area contributed by atoms with Crippen molar-refractivity contribution in [2.45, 2.75) is 25.9 Å². The number of hydrogen-bond acceptors (Lipinski definition) is 16. The number of carbonyl (C=O) groups is 1. The quantitative estimate of drug-likeness (QED) is 0.0546. The van der Waals surface area contributed by atoms with Crippen molar-refractivity contribution >= 4 is 5.97 Å². The first-order chi connectivity index (χ1) is 25.9. The van der Waals surface area contributed by atoms with Crippen LogP contribution in [0.3, 0.4) is 0 Å². The second-order valence-corrected chi connectivity index (χ2v) is 12.6. The Balaban J connectivity index is 2.94. The predicted molar refractivity (Wildman–Crippen MR) is 192 cm³/mol. The summed E-state index contributed by atoms with van der Waals surface area (Å²) in [6, 6.07) is 9.56. The Kier molecular flexibility index (Phi) is 31.0. The van der Waals surface area contributed by atoms with Crippen LogP contribution in [-0.4, -0.2) is 162 Å². The van der Waals surface area contributed by atoms with Crippen LogP contribution in [0.25, 0.3) is 0 Å². The zero-order chi connectivity index (χ0) is 38.7. The van der Waals surface area contributed by atoms with Gasteiger partial charge in [-0.25, -0.2) is 0 Å². The van der Waals surface area contributed by atoms with Crippen LogP contribution in [0.4, 0.5) is 0 Å². The zero-order valence-corrected chi connectivity index (χ0v) is 32.8. The summed E-state index contributed by atoms with van der Waals surface area (Å²) in [4.78, 5) is 13.4. The molecular formula is C37H66O16.